The number of aromatic nitrogens is 2. The van der Waals surface area contributed by atoms with Gasteiger partial charge < -0.3 is 13.6 Å². The van der Waals surface area contributed by atoms with Gasteiger partial charge in [-0.2, -0.15) is 0 Å². The molecule has 49 heavy (non-hydrogen) atoms. The maximum atomic E-state index is 6.14. The van der Waals surface area contributed by atoms with Crippen molar-refractivity contribution in [1.82, 2.24) is 9.13 Å². The predicted molar refractivity (Wildman–Crippen MR) is 205 cm³/mol. The summed E-state index contributed by atoms with van der Waals surface area (Å²) in [6.45, 7) is 0. The summed E-state index contributed by atoms with van der Waals surface area (Å²) < 4.78 is 11.0. The van der Waals surface area contributed by atoms with E-state index in [1.54, 1.807) is 0 Å². The highest BCUT2D eigenvalue weighted by Gasteiger charge is 2.20. The number of rotatable bonds is 3. The van der Waals surface area contributed by atoms with Crippen LogP contribution in [0.15, 0.2) is 174 Å². The van der Waals surface area contributed by atoms with Crippen LogP contribution in [0.5, 0.6) is 0 Å². The van der Waals surface area contributed by atoms with Gasteiger partial charge in [-0.15, -0.1) is 0 Å². The van der Waals surface area contributed by atoms with E-state index in [1.165, 1.54) is 65.5 Å². The minimum absolute atomic E-state index is 0.911. The number of nitrogens with zero attached hydrogens (tertiary/aromatic N) is 2. The zero-order chi connectivity index (χ0) is 32.1. The molecular weight excluding hydrogens is 597 g/mol. The standard InChI is InChI=1S/C46H28N2O/c1-2-13-32(14-3-1)48-43-28-42-38(27-39(43)37-23-21-29-11-4-5-16-34(29)46(37)48)35-17-6-8-19-41(35)47(42)33-15-10-12-30(25-33)31-22-24-45-40(26-31)36-18-7-9-20-44(36)49-45/h1-28H. The Hall–Kier alpha value is -6.58. The van der Waals surface area contributed by atoms with Gasteiger partial charge in [0.2, 0.25) is 0 Å². The molecule has 0 aliphatic rings. The fourth-order valence-electron chi connectivity index (χ4n) is 8.09. The summed E-state index contributed by atoms with van der Waals surface area (Å²) in [5.41, 5.74) is 11.3. The highest BCUT2D eigenvalue weighted by Crippen LogP contribution is 2.42. The maximum absolute atomic E-state index is 6.14. The molecular formula is C46H28N2O. The summed E-state index contributed by atoms with van der Waals surface area (Å²) in [6, 6.07) is 61.4. The van der Waals surface area contributed by atoms with E-state index in [-0.39, 0.29) is 0 Å². The average Bonchev–Trinajstić information content (AvgIpc) is 3.81. The van der Waals surface area contributed by atoms with E-state index in [4.69, 9.17) is 4.42 Å². The molecule has 0 amide bonds. The van der Waals surface area contributed by atoms with Gasteiger partial charge in [-0.05, 0) is 77.2 Å². The number of hydrogen-bond acceptors (Lipinski definition) is 1. The summed E-state index contributed by atoms with van der Waals surface area (Å²) in [5.74, 6) is 0. The van der Waals surface area contributed by atoms with Crippen LogP contribution in [0.2, 0.25) is 0 Å². The van der Waals surface area contributed by atoms with Crippen molar-refractivity contribution in [3.05, 3.63) is 170 Å². The van der Waals surface area contributed by atoms with Crippen LogP contribution >= 0.6 is 0 Å². The third kappa shape index (κ3) is 3.78. The van der Waals surface area contributed by atoms with Crippen molar-refractivity contribution in [3.63, 3.8) is 0 Å². The normalized spacial score (nSPS) is 12.1. The van der Waals surface area contributed by atoms with Gasteiger partial charge in [0.15, 0.2) is 0 Å². The van der Waals surface area contributed by atoms with Gasteiger partial charge in [0, 0.05) is 49.1 Å². The van der Waals surface area contributed by atoms with Crippen molar-refractivity contribution in [3.8, 4) is 22.5 Å². The van der Waals surface area contributed by atoms with Crippen LogP contribution in [0, 0.1) is 0 Å². The number of fused-ring (bicyclic) bond motifs is 11. The van der Waals surface area contributed by atoms with Crippen LogP contribution in [0.1, 0.15) is 0 Å². The number of benzene rings is 8. The summed E-state index contributed by atoms with van der Waals surface area (Å²) in [6.07, 6.45) is 0. The average molecular weight is 625 g/mol. The Balaban J connectivity index is 1.20. The number of para-hydroxylation sites is 3. The molecule has 3 heterocycles. The monoisotopic (exact) mass is 624 g/mol. The predicted octanol–water partition coefficient (Wildman–Crippen LogP) is 12.6. The van der Waals surface area contributed by atoms with E-state index in [1.807, 2.05) is 12.1 Å². The minimum atomic E-state index is 0.911. The Labute approximate surface area is 281 Å². The first-order chi connectivity index (χ1) is 24.3. The van der Waals surface area contributed by atoms with Crippen LogP contribution in [0.3, 0.4) is 0 Å². The molecule has 3 nitrogen and oxygen atoms in total. The Morgan fingerprint density at radius 2 is 1.02 bits per heavy atom. The molecule has 0 atom stereocenters. The summed E-state index contributed by atoms with van der Waals surface area (Å²) in [4.78, 5) is 0. The molecule has 3 aromatic heterocycles. The first-order valence-corrected chi connectivity index (χ1v) is 16.8. The second kappa shape index (κ2) is 9.96. The first-order valence-electron chi connectivity index (χ1n) is 16.8. The molecule has 8 aromatic carbocycles. The molecule has 0 spiro atoms. The molecule has 3 heteroatoms. The van der Waals surface area contributed by atoms with E-state index < -0.39 is 0 Å². The third-order valence-corrected chi connectivity index (χ3v) is 10.3. The fourth-order valence-corrected chi connectivity index (χ4v) is 8.09. The summed E-state index contributed by atoms with van der Waals surface area (Å²) in [5, 5.41) is 9.80. The molecule has 0 aliphatic heterocycles. The lowest BCUT2D eigenvalue weighted by atomic mass is 10.0. The van der Waals surface area contributed by atoms with Gasteiger partial charge >= 0.3 is 0 Å². The fraction of sp³-hybridized carbons (Fsp3) is 0. The highest BCUT2D eigenvalue weighted by molar-refractivity contribution is 6.23. The second-order valence-electron chi connectivity index (χ2n) is 13.0. The molecule has 0 N–H and O–H groups in total. The summed E-state index contributed by atoms with van der Waals surface area (Å²) >= 11 is 0. The van der Waals surface area contributed by atoms with Gasteiger partial charge in [-0.1, -0.05) is 109 Å². The zero-order valence-corrected chi connectivity index (χ0v) is 26.5. The molecule has 0 aliphatic carbocycles. The van der Waals surface area contributed by atoms with Gasteiger partial charge in [0.05, 0.1) is 22.1 Å². The smallest absolute Gasteiger partial charge is 0.135 e. The van der Waals surface area contributed by atoms with Crippen LogP contribution < -0.4 is 0 Å². The Bertz CT molecular complexity index is 3100. The van der Waals surface area contributed by atoms with Crippen molar-refractivity contribution in [2.45, 2.75) is 0 Å². The lowest BCUT2D eigenvalue weighted by molar-refractivity contribution is 0.669. The van der Waals surface area contributed by atoms with Crippen molar-refractivity contribution >= 4 is 76.3 Å². The van der Waals surface area contributed by atoms with E-state index >= 15 is 0 Å². The molecule has 228 valence electrons. The van der Waals surface area contributed by atoms with Crippen LogP contribution in [0.4, 0.5) is 0 Å². The lowest BCUT2D eigenvalue weighted by Gasteiger charge is -2.12. The Kier molecular flexibility index (Phi) is 5.38. The number of hydrogen-bond donors (Lipinski definition) is 0. The molecule has 0 bridgehead atoms. The van der Waals surface area contributed by atoms with Gasteiger partial charge in [-0.3, -0.25) is 0 Å². The molecule has 11 rings (SSSR count). The van der Waals surface area contributed by atoms with E-state index in [0.717, 1.165) is 33.3 Å². The first kappa shape index (κ1) is 26.5. The van der Waals surface area contributed by atoms with Gasteiger partial charge in [0.1, 0.15) is 11.2 Å². The SMILES string of the molecule is c1ccc(-n2c3cc4c(cc3c3ccc5ccccc5c32)c2ccccc2n4-c2cccc(-c3ccc4oc5ccccc5c4c3)c2)cc1. The van der Waals surface area contributed by atoms with E-state index in [2.05, 4.69) is 167 Å². The third-order valence-electron chi connectivity index (χ3n) is 10.3. The van der Waals surface area contributed by atoms with Crippen LogP contribution in [-0.2, 0) is 0 Å². The minimum Gasteiger partial charge on any atom is -0.456 e. The Morgan fingerprint density at radius 1 is 0.327 bits per heavy atom. The maximum Gasteiger partial charge on any atom is 0.135 e. The van der Waals surface area contributed by atoms with Crippen molar-refractivity contribution < 1.29 is 4.42 Å². The van der Waals surface area contributed by atoms with Crippen molar-refractivity contribution in [1.29, 1.82) is 0 Å². The van der Waals surface area contributed by atoms with Gasteiger partial charge in [-0.25, -0.2) is 0 Å². The van der Waals surface area contributed by atoms with Gasteiger partial charge in [0.25, 0.3) is 0 Å². The van der Waals surface area contributed by atoms with Crippen molar-refractivity contribution in [2.75, 3.05) is 0 Å². The largest absolute Gasteiger partial charge is 0.456 e. The topological polar surface area (TPSA) is 23.0 Å². The molecule has 0 radical (unpaired) electrons. The molecule has 0 saturated heterocycles. The van der Waals surface area contributed by atoms with Crippen LogP contribution in [0.25, 0.3) is 98.8 Å². The quantitative estimate of drug-likeness (QED) is 0.192. The van der Waals surface area contributed by atoms with Crippen molar-refractivity contribution in [2.24, 2.45) is 0 Å². The molecule has 11 aromatic rings. The number of furan rings is 1. The van der Waals surface area contributed by atoms with E-state index in [9.17, 15) is 0 Å². The summed E-state index contributed by atoms with van der Waals surface area (Å²) in [7, 11) is 0. The molecule has 0 saturated carbocycles. The highest BCUT2D eigenvalue weighted by atomic mass is 16.3. The lowest BCUT2D eigenvalue weighted by Crippen LogP contribution is -1.96. The second-order valence-corrected chi connectivity index (χ2v) is 13.0. The Morgan fingerprint density at radius 3 is 1.94 bits per heavy atom. The van der Waals surface area contributed by atoms with Crippen LogP contribution in [-0.4, -0.2) is 9.13 Å². The molecule has 0 fully saturated rings. The van der Waals surface area contributed by atoms with E-state index in [0.29, 0.717) is 0 Å². The molecule has 0 unspecified atom stereocenters. The zero-order valence-electron chi connectivity index (χ0n) is 26.5.